The van der Waals surface area contributed by atoms with E-state index in [1.165, 1.54) is 0 Å². The fraction of sp³-hybridized carbons (Fsp3) is 0.222. The van der Waals surface area contributed by atoms with Crippen molar-refractivity contribution >= 4 is 11.7 Å². The second-order valence-corrected chi connectivity index (χ2v) is 5.94. The molecule has 1 saturated heterocycles. The molecule has 1 aliphatic heterocycles. The number of pyridine rings is 1. The smallest absolute Gasteiger partial charge is 0.321 e. The average Bonchev–Trinajstić information content (AvgIpc) is 3.11. The molecule has 0 radical (unpaired) electrons. The molecule has 8 nitrogen and oxygen atoms in total. The summed E-state index contributed by atoms with van der Waals surface area (Å²) in [6.07, 6.45) is 1.68. The van der Waals surface area contributed by atoms with Gasteiger partial charge in [0.25, 0.3) is 0 Å². The summed E-state index contributed by atoms with van der Waals surface area (Å²) in [5.41, 5.74) is 1.35. The summed E-state index contributed by atoms with van der Waals surface area (Å²) in [6, 6.07) is 12.6. The molecule has 3 heterocycles. The van der Waals surface area contributed by atoms with Crippen molar-refractivity contribution in [2.24, 2.45) is 0 Å². The molecule has 0 aliphatic carbocycles. The average molecular weight is 351 g/mol. The number of anilines is 1. The quantitative estimate of drug-likeness (QED) is 0.777. The summed E-state index contributed by atoms with van der Waals surface area (Å²) in [6.45, 7) is 1.05. The van der Waals surface area contributed by atoms with Crippen LogP contribution in [-0.4, -0.2) is 46.3 Å². The maximum absolute atomic E-state index is 12.3. The number of carbonyl (C=O) groups excluding carboxylic acids is 1. The van der Waals surface area contributed by atoms with Crippen molar-refractivity contribution in [3.63, 3.8) is 0 Å². The lowest BCUT2D eigenvalue weighted by Crippen LogP contribution is -2.50. The Kier molecular flexibility index (Phi) is 4.22. The minimum absolute atomic E-state index is 0.0380. The van der Waals surface area contributed by atoms with Crippen molar-refractivity contribution in [2.75, 3.05) is 25.5 Å². The summed E-state index contributed by atoms with van der Waals surface area (Å²) in [4.78, 5) is 22.6. The van der Waals surface area contributed by atoms with E-state index in [1.807, 2.05) is 36.4 Å². The van der Waals surface area contributed by atoms with E-state index in [4.69, 9.17) is 9.26 Å². The van der Waals surface area contributed by atoms with E-state index < -0.39 is 0 Å². The molecule has 1 fully saturated rings. The highest BCUT2D eigenvalue weighted by molar-refractivity contribution is 5.90. The first-order chi connectivity index (χ1) is 12.7. The van der Waals surface area contributed by atoms with Gasteiger partial charge in [-0.3, -0.25) is 4.98 Å². The highest BCUT2D eigenvalue weighted by Crippen LogP contribution is 2.28. The zero-order chi connectivity index (χ0) is 17.9. The van der Waals surface area contributed by atoms with Crippen LogP contribution in [0.2, 0.25) is 0 Å². The summed E-state index contributed by atoms with van der Waals surface area (Å²) in [7, 11) is 1.59. The maximum Gasteiger partial charge on any atom is 0.321 e. The molecular formula is C18H17N5O3. The van der Waals surface area contributed by atoms with Crippen molar-refractivity contribution < 1.29 is 14.1 Å². The second kappa shape index (κ2) is 6.83. The van der Waals surface area contributed by atoms with E-state index in [2.05, 4.69) is 20.4 Å². The van der Waals surface area contributed by atoms with Gasteiger partial charge in [-0.25, -0.2) is 4.79 Å². The number of nitrogens with zero attached hydrogens (tertiary/aromatic N) is 4. The fourth-order valence-electron chi connectivity index (χ4n) is 2.70. The number of rotatable bonds is 4. The Bertz CT molecular complexity index is 906. The molecule has 8 heteroatoms. The van der Waals surface area contributed by atoms with Crippen LogP contribution < -0.4 is 10.1 Å². The second-order valence-electron chi connectivity index (χ2n) is 5.94. The van der Waals surface area contributed by atoms with Crippen LogP contribution in [0.25, 0.3) is 11.5 Å². The molecule has 0 atom stereocenters. The Labute approximate surface area is 149 Å². The van der Waals surface area contributed by atoms with Gasteiger partial charge in [-0.05, 0) is 24.3 Å². The molecule has 132 valence electrons. The van der Waals surface area contributed by atoms with E-state index >= 15 is 0 Å². The lowest BCUT2D eigenvalue weighted by Gasteiger charge is -2.36. The molecular weight excluding hydrogens is 334 g/mol. The number of carbonyl (C=O) groups is 1. The minimum Gasteiger partial charge on any atom is -0.497 e. The van der Waals surface area contributed by atoms with Crippen LogP contribution in [0.3, 0.4) is 0 Å². The van der Waals surface area contributed by atoms with Gasteiger partial charge in [-0.1, -0.05) is 17.3 Å². The van der Waals surface area contributed by atoms with Crippen molar-refractivity contribution in [3.8, 4) is 17.3 Å². The van der Waals surface area contributed by atoms with Crippen molar-refractivity contribution in [1.82, 2.24) is 20.0 Å². The molecule has 0 saturated carbocycles. The van der Waals surface area contributed by atoms with Gasteiger partial charge in [0.15, 0.2) is 0 Å². The van der Waals surface area contributed by atoms with Crippen molar-refractivity contribution in [2.45, 2.75) is 5.92 Å². The lowest BCUT2D eigenvalue weighted by molar-refractivity contribution is 0.147. The van der Waals surface area contributed by atoms with Crippen LogP contribution >= 0.6 is 0 Å². The molecule has 26 heavy (non-hydrogen) atoms. The zero-order valence-corrected chi connectivity index (χ0v) is 14.1. The number of urea groups is 1. The van der Waals surface area contributed by atoms with Crippen LogP contribution in [0.1, 0.15) is 11.8 Å². The summed E-state index contributed by atoms with van der Waals surface area (Å²) < 4.78 is 10.5. The summed E-state index contributed by atoms with van der Waals surface area (Å²) in [5.74, 6) is 1.71. The predicted octanol–water partition coefficient (Wildman–Crippen LogP) is 2.77. The molecule has 1 aromatic carbocycles. The molecule has 2 aromatic heterocycles. The van der Waals surface area contributed by atoms with Crippen molar-refractivity contribution in [3.05, 3.63) is 54.6 Å². The number of aromatic nitrogens is 3. The Hall–Kier alpha value is -3.42. The number of likely N-dealkylation sites (tertiary alicyclic amines) is 1. The predicted molar refractivity (Wildman–Crippen MR) is 93.9 cm³/mol. The lowest BCUT2D eigenvalue weighted by atomic mass is 10.0. The van der Waals surface area contributed by atoms with Gasteiger partial charge in [0.1, 0.15) is 11.4 Å². The number of amides is 2. The fourth-order valence-corrected chi connectivity index (χ4v) is 2.70. The van der Waals surface area contributed by atoms with Gasteiger partial charge in [-0.2, -0.15) is 4.98 Å². The van der Waals surface area contributed by atoms with Gasteiger partial charge >= 0.3 is 6.03 Å². The van der Waals surface area contributed by atoms with E-state index in [0.717, 1.165) is 0 Å². The molecule has 1 N–H and O–H groups in total. The Morgan fingerprint density at radius 1 is 1.27 bits per heavy atom. The van der Waals surface area contributed by atoms with Gasteiger partial charge in [0.05, 0.1) is 13.0 Å². The first-order valence-electron chi connectivity index (χ1n) is 8.18. The van der Waals surface area contributed by atoms with Crippen molar-refractivity contribution in [1.29, 1.82) is 0 Å². The Balaban J connectivity index is 1.35. The number of benzene rings is 1. The van der Waals surface area contributed by atoms with E-state index in [0.29, 0.717) is 41.9 Å². The molecule has 0 spiro atoms. The Morgan fingerprint density at radius 2 is 2.15 bits per heavy atom. The van der Waals surface area contributed by atoms with E-state index in [9.17, 15) is 4.79 Å². The number of nitrogens with one attached hydrogen (secondary N) is 1. The topological polar surface area (TPSA) is 93.4 Å². The monoisotopic (exact) mass is 351 g/mol. The molecule has 3 aromatic rings. The molecule has 2 amide bonds. The zero-order valence-electron chi connectivity index (χ0n) is 14.1. The third kappa shape index (κ3) is 3.21. The summed E-state index contributed by atoms with van der Waals surface area (Å²) in [5, 5.41) is 6.82. The highest BCUT2D eigenvalue weighted by atomic mass is 16.5. The molecule has 1 aliphatic rings. The van der Waals surface area contributed by atoms with Gasteiger partial charge in [0, 0.05) is 31.0 Å². The van der Waals surface area contributed by atoms with Crippen LogP contribution in [0, 0.1) is 0 Å². The number of ether oxygens (including phenoxy) is 1. The molecule has 0 bridgehead atoms. The molecule has 0 unspecified atom stereocenters. The highest BCUT2D eigenvalue weighted by Gasteiger charge is 2.35. The van der Waals surface area contributed by atoms with Crippen LogP contribution in [0.15, 0.2) is 53.2 Å². The van der Waals surface area contributed by atoms with Gasteiger partial charge in [0.2, 0.25) is 11.7 Å². The SMILES string of the molecule is COc1cccc(NC(=O)N2CC(c3nc(-c4ccccn4)no3)C2)c1. The largest absolute Gasteiger partial charge is 0.497 e. The molecule has 4 rings (SSSR count). The third-order valence-electron chi connectivity index (χ3n) is 4.17. The Morgan fingerprint density at radius 3 is 2.92 bits per heavy atom. The van der Waals surface area contributed by atoms with Crippen LogP contribution in [0.5, 0.6) is 5.75 Å². The first-order valence-corrected chi connectivity index (χ1v) is 8.18. The third-order valence-corrected chi connectivity index (χ3v) is 4.17. The standard InChI is InChI=1S/C18H17N5O3/c1-25-14-6-4-5-13(9-14)20-18(24)23-10-12(11-23)17-21-16(22-26-17)15-7-2-3-8-19-15/h2-9,12H,10-11H2,1H3,(H,20,24). The number of hydrogen-bond donors (Lipinski definition) is 1. The number of hydrogen-bond acceptors (Lipinski definition) is 6. The van der Waals surface area contributed by atoms with Gasteiger partial charge < -0.3 is 19.5 Å². The van der Waals surface area contributed by atoms with Gasteiger partial charge in [-0.15, -0.1) is 0 Å². The number of methoxy groups -OCH3 is 1. The first kappa shape index (κ1) is 16.1. The maximum atomic E-state index is 12.3. The summed E-state index contributed by atoms with van der Waals surface area (Å²) >= 11 is 0. The normalized spacial score (nSPS) is 14.0. The van der Waals surface area contributed by atoms with Crippen LogP contribution in [0.4, 0.5) is 10.5 Å². The van der Waals surface area contributed by atoms with E-state index in [-0.39, 0.29) is 11.9 Å². The van der Waals surface area contributed by atoms with Crippen LogP contribution in [-0.2, 0) is 0 Å². The van der Waals surface area contributed by atoms with E-state index in [1.54, 1.807) is 24.3 Å². The minimum atomic E-state index is -0.168.